The number of hydrogen-bond acceptors (Lipinski definition) is 3. The molecule has 1 amide bonds. The number of hydrogen-bond donors (Lipinski definition) is 2. The van der Waals surface area contributed by atoms with Crippen molar-refractivity contribution in [2.75, 3.05) is 19.8 Å². The molecule has 15 heavy (non-hydrogen) atoms. The van der Waals surface area contributed by atoms with Gasteiger partial charge in [0.2, 0.25) is 5.91 Å². The van der Waals surface area contributed by atoms with E-state index < -0.39 is 0 Å². The summed E-state index contributed by atoms with van der Waals surface area (Å²) in [6.45, 7) is 3.85. The molecule has 0 aromatic rings. The van der Waals surface area contributed by atoms with E-state index >= 15 is 0 Å². The van der Waals surface area contributed by atoms with Crippen LogP contribution in [0.2, 0.25) is 0 Å². The van der Waals surface area contributed by atoms with Gasteiger partial charge in [0.15, 0.2) is 0 Å². The largest absolute Gasteiger partial charge is 0.380 e. The lowest BCUT2D eigenvalue weighted by Crippen LogP contribution is -2.38. The normalized spacial score (nSPS) is 26.3. The molecule has 0 spiro atoms. The summed E-state index contributed by atoms with van der Waals surface area (Å²) in [4.78, 5) is 11.7. The number of nitrogens with one attached hydrogen (secondary N) is 1. The third kappa shape index (κ3) is 4.62. The standard InChI is InChI=1S/C11H22N2O2/c1-2-15-7-6-13-11(14)9-4-3-5-10(12)8-9/h9-10H,2-8,12H2,1H3,(H,13,14). The number of rotatable bonds is 5. The van der Waals surface area contributed by atoms with Gasteiger partial charge in [-0.25, -0.2) is 0 Å². The summed E-state index contributed by atoms with van der Waals surface area (Å²) < 4.78 is 5.15. The van der Waals surface area contributed by atoms with Gasteiger partial charge in [-0.2, -0.15) is 0 Å². The highest BCUT2D eigenvalue weighted by atomic mass is 16.5. The Morgan fingerprint density at radius 3 is 3.00 bits per heavy atom. The molecule has 0 aromatic heterocycles. The van der Waals surface area contributed by atoms with Gasteiger partial charge in [-0.1, -0.05) is 6.42 Å². The molecule has 88 valence electrons. The molecule has 1 aliphatic carbocycles. The van der Waals surface area contributed by atoms with Gasteiger partial charge in [0, 0.05) is 25.1 Å². The fourth-order valence-corrected chi connectivity index (χ4v) is 2.00. The molecule has 0 aromatic carbocycles. The third-order valence-corrected chi connectivity index (χ3v) is 2.84. The molecular formula is C11H22N2O2. The maximum Gasteiger partial charge on any atom is 0.223 e. The minimum atomic E-state index is 0.121. The zero-order chi connectivity index (χ0) is 11.1. The molecule has 1 fully saturated rings. The van der Waals surface area contributed by atoms with Crippen molar-refractivity contribution in [2.24, 2.45) is 11.7 Å². The molecule has 0 radical (unpaired) electrons. The second-order valence-corrected chi connectivity index (χ2v) is 4.11. The lowest BCUT2D eigenvalue weighted by Gasteiger charge is -2.25. The maximum atomic E-state index is 11.7. The second-order valence-electron chi connectivity index (χ2n) is 4.11. The Bertz CT molecular complexity index is 197. The first-order chi connectivity index (χ1) is 7.24. The molecule has 3 N–H and O–H groups in total. The Balaban J connectivity index is 2.15. The highest BCUT2D eigenvalue weighted by Crippen LogP contribution is 2.22. The van der Waals surface area contributed by atoms with Crippen LogP contribution in [-0.2, 0) is 9.53 Å². The van der Waals surface area contributed by atoms with Crippen LogP contribution in [0.15, 0.2) is 0 Å². The van der Waals surface area contributed by atoms with Gasteiger partial charge >= 0.3 is 0 Å². The number of carbonyl (C=O) groups excluding carboxylic acids is 1. The SMILES string of the molecule is CCOCCNC(=O)C1CCCC(N)C1. The summed E-state index contributed by atoms with van der Waals surface area (Å²) in [6.07, 6.45) is 3.95. The average Bonchev–Trinajstić information content (AvgIpc) is 2.24. The van der Waals surface area contributed by atoms with Crippen LogP contribution in [0.4, 0.5) is 0 Å². The Morgan fingerprint density at radius 2 is 2.33 bits per heavy atom. The van der Waals surface area contributed by atoms with E-state index in [1.54, 1.807) is 0 Å². The number of ether oxygens (including phenoxy) is 1. The molecule has 1 rings (SSSR count). The average molecular weight is 214 g/mol. The number of nitrogens with two attached hydrogens (primary N) is 1. The van der Waals surface area contributed by atoms with E-state index in [0.717, 1.165) is 25.7 Å². The van der Waals surface area contributed by atoms with Crippen molar-refractivity contribution < 1.29 is 9.53 Å². The van der Waals surface area contributed by atoms with Crippen LogP contribution in [0.25, 0.3) is 0 Å². The van der Waals surface area contributed by atoms with E-state index in [4.69, 9.17) is 10.5 Å². The molecule has 2 unspecified atom stereocenters. The van der Waals surface area contributed by atoms with E-state index in [9.17, 15) is 4.79 Å². The van der Waals surface area contributed by atoms with Crippen molar-refractivity contribution in [3.05, 3.63) is 0 Å². The van der Waals surface area contributed by atoms with Gasteiger partial charge in [0.1, 0.15) is 0 Å². The Labute approximate surface area is 91.5 Å². The first-order valence-corrected chi connectivity index (χ1v) is 5.85. The predicted molar refractivity (Wildman–Crippen MR) is 59.4 cm³/mol. The van der Waals surface area contributed by atoms with Crippen molar-refractivity contribution in [2.45, 2.75) is 38.6 Å². The lowest BCUT2D eigenvalue weighted by molar-refractivity contribution is -0.126. The fraction of sp³-hybridized carbons (Fsp3) is 0.909. The predicted octanol–water partition coefficient (Wildman–Crippen LogP) is 0.657. The zero-order valence-electron chi connectivity index (χ0n) is 9.50. The Hall–Kier alpha value is -0.610. The molecule has 0 heterocycles. The first-order valence-electron chi connectivity index (χ1n) is 5.85. The maximum absolute atomic E-state index is 11.7. The summed E-state index contributed by atoms with van der Waals surface area (Å²) in [7, 11) is 0. The molecule has 1 saturated carbocycles. The van der Waals surface area contributed by atoms with E-state index in [1.807, 2.05) is 6.92 Å². The van der Waals surface area contributed by atoms with Gasteiger partial charge in [0.25, 0.3) is 0 Å². The summed E-state index contributed by atoms with van der Waals surface area (Å²) >= 11 is 0. The highest BCUT2D eigenvalue weighted by Gasteiger charge is 2.24. The molecule has 0 aliphatic heterocycles. The molecular weight excluding hydrogens is 192 g/mol. The van der Waals surface area contributed by atoms with Crippen LogP contribution in [0.3, 0.4) is 0 Å². The van der Waals surface area contributed by atoms with Crippen molar-refractivity contribution in [1.29, 1.82) is 0 Å². The van der Waals surface area contributed by atoms with Crippen LogP contribution in [0, 0.1) is 5.92 Å². The van der Waals surface area contributed by atoms with Gasteiger partial charge in [-0.15, -0.1) is 0 Å². The Morgan fingerprint density at radius 1 is 1.53 bits per heavy atom. The van der Waals surface area contributed by atoms with E-state index in [1.165, 1.54) is 0 Å². The minimum Gasteiger partial charge on any atom is -0.380 e. The molecule has 0 saturated heterocycles. The molecule has 2 atom stereocenters. The van der Waals surface area contributed by atoms with Crippen molar-refractivity contribution >= 4 is 5.91 Å². The van der Waals surface area contributed by atoms with Crippen molar-refractivity contribution in [3.63, 3.8) is 0 Å². The summed E-state index contributed by atoms with van der Waals surface area (Å²) in [5, 5.41) is 2.89. The summed E-state index contributed by atoms with van der Waals surface area (Å²) in [5.41, 5.74) is 5.83. The summed E-state index contributed by atoms with van der Waals surface area (Å²) in [6, 6.07) is 0.210. The molecule has 0 bridgehead atoms. The number of carbonyl (C=O) groups is 1. The van der Waals surface area contributed by atoms with Gasteiger partial charge in [0.05, 0.1) is 6.61 Å². The minimum absolute atomic E-state index is 0.121. The van der Waals surface area contributed by atoms with E-state index in [2.05, 4.69) is 5.32 Å². The molecule has 1 aliphatic rings. The Kier molecular flexibility index (Phi) is 5.65. The van der Waals surface area contributed by atoms with E-state index in [-0.39, 0.29) is 17.9 Å². The van der Waals surface area contributed by atoms with Crippen LogP contribution < -0.4 is 11.1 Å². The van der Waals surface area contributed by atoms with Crippen LogP contribution in [-0.4, -0.2) is 31.7 Å². The van der Waals surface area contributed by atoms with Gasteiger partial charge in [-0.3, -0.25) is 4.79 Å². The van der Waals surface area contributed by atoms with Crippen molar-refractivity contribution in [3.8, 4) is 0 Å². The van der Waals surface area contributed by atoms with Crippen LogP contribution >= 0.6 is 0 Å². The second kappa shape index (κ2) is 6.80. The monoisotopic (exact) mass is 214 g/mol. The highest BCUT2D eigenvalue weighted by molar-refractivity contribution is 5.78. The molecule has 4 nitrogen and oxygen atoms in total. The zero-order valence-corrected chi connectivity index (χ0v) is 9.50. The van der Waals surface area contributed by atoms with Gasteiger partial charge < -0.3 is 15.8 Å². The lowest BCUT2D eigenvalue weighted by atomic mass is 9.85. The van der Waals surface area contributed by atoms with Crippen LogP contribution in [0.1, 0.15) is 32.6 Å². The van der Waals surface area contributed by atoms with Gasteiger partial charge in [-0.05, 0) is 26.2 Å². The smallest absolute Gasteiger partial charge is 0.223 e. The third-order valence-electron chi connectivity index (χ3n) is 2.84. The van der Waals surface area contributed by atoms with Crippen molar-refractivity contribution in [1.82, 2.24) is 5.32 Å². The topological polar surface area (TPSA) is 64.3 Å². The summed E-state index contributed by atoms with van der Waals surface area (Å²) in [5.74, 6) is 0.264. The van der Waals surface area contributed by atoms with E-state index in [0.29, 0.717) is 19.8 Å². The first kappa shape index (κ1) is 12.5. The van der Waals surface area contributed by atoms with Crippen LogP contribution in [0.5, 0.6) is 0 Å². The molecule has 4 heteroatoms. The number of amides is 1. The quantitative estimate of drug-likeness (QED) is 0.661. The fourth-order valence-electron chi connectivity index (χ4n) is 2.00.